The molecule has 0 bridgehead atoms. The van der Waals surface area contributed by atoms with Gasteiger partial charge >= 0.3 is 0 Å². The van der Waals surface area contributed by atoms with E-state index in [1.807, 2.05) is 36.6 Å². The minimum atomic E-state index is 0.557. The Hall–Kier alpha value is -1.55. The van der Waals surface area contributed by atoms with E-state index < -0.39 is 0 Å². The summed E-state index contributed by atoms with van der Waals surface area (Å²) in [6, 6.07) is 7.85. The third kappa shape index (κ3) is 2.10. The van der Waals surface area contributed by atoms with Crippen LogP contribution in [0, 0.1) is 0 Å². The fourth-order valence-corrected chi connectivity index (χ4v) is 2.07. The van der Waals surface area contributed by atoms with E-state index in [0.29, 0.717) is 12.4 Å². The van der Waals surface area contributed by atoms with Gasteiger partial charge < -0.3 is 10.5 Å². The predicted molar refractivity (Wildman–Crippen MR) is 63.1 cm³/mol. The van der Waals surface area contributed by atoms with Gasteiger partial charge in [0.1, 0.15) is 16.6 Å². The largest absolute Gasteiger partial charge is 0.493 e. The number of para-hydroxylation sites is 1. The Morgan fingerprint density at radius 2 is 2.20 bits per heavy atom. The van der Waals surface area contributed by atoms with E-state index in [4.69, 9.17) is 10.5 Å². The topological polar surface area (TPSA) is 48.1 Å². The molecule has 3 nitrogen and oxygen atoms in total. The zero-order valence-corrected chi connectivity index (χ0v) is 9.25. The molecule has 1 aromatic carbocycles. The third-order valence-electron chi connectivity index (χ3n) is 1.94. The van der Waals surface area contributed by atoms with Crippen molar-refractivity contribution in [1.29, 1.82) is 0 Å². The van der Waals surface area contributed by atoms with Crippen LogP contribution in [0.2, 0.25) is 0 Å². The number of hydrogen-bond donors (Lipinski definition) is 1. The molecule has 0 fully saturated rings. The molecule has 0 spiro atoms. The van der Waals surface area contributed by atoms with Crippen molar-refractivity contribution < 1.29 is 4.74 Å². The minimum Gasteiger partial charge on any atom is -0.493 e. The van der Waals surface area contributed by atoms with Gasteiger partial charge in [-0.3, -0.25) is 0 Å². The van der Waals surface area contributed by atoms with Crippen molar-refractivity contribution in [3.8, 4) is 16.3 Å². The van der Waals surface area contributed by atoms with E-state index in [1.165, 1.54) is 11.3 Å². The number of anilines is 1. The fourth-order valence-electron chi connectivity index (χ4n) is 1.33. The van der Waals surface area contributed by atoms with Crippen LogP contribution in [0.5, 0.6) is 5.75 Å². The standard InChI is InChI=1S/C11H12N2OS/c1-2-14-9-6-4-3-5-8(9)11-13-10(12)7-15-11/h3-7H,2,12H2,1H3. The van der Waals surface area contributed by atoms with Gasteiger partial charge in [0.05, 0.1) is 12.2 Å². The zero-order chi connectivity index (χ0) is 10.7. The average molecular weight is 220 g/mol. The van der Waals surface area contributed by atoms with Crippen molar-refractivity contribution in [3.63, 3.8) is 0 Å². The van der Waals surface area contributed by atoms with Crippen molar-refractivity contribution in [3.05, 3.63) is 29.6 Å². The summed E-state index contributed by atoms with van der Waals surface area (Å²) in [6.07, 6.45) is 0. The number of benzene rings is 1. The van der Waals surface area contributed by atoms with E-state index in [0.717, 1.165) is 16.3 Å². The van der Waals surface area contributed by atoms with E-state index in [-0.39, 0.29) is 0 Å². The van der Waals surface area contributed by atoms with Crippen LogP contribution < -0.4 is 10.5 Å². The molecule has 15 heavy (non-hydrogen) atoms. The van der Waals surface area contributed by atoms with Gasteiger partial charge in [-0.2, -0.15) is 0 Å². The summed E-state index contributed by atoms with van der Waals surface area (Å²) in [5.74, 6) is 1.41. The molecular formula is C11H12N2OS. The lowest BCUT2D eigenvalue weighted by atomic mass is 10.2. The van der Waals surface area contributed by atoms with Crippen LogP contribution >= 0.6 is 11.3 Å². The molecule has 4 heteroatoms. The van der Waals surface area contributed by atoms with Crippen LogP contribution in [0.3, 0.4) is 0 Å². The van der Waals surface area contributed by atoms with Crippen LogP contribution in [0.1, 0.15) is 6.92 Å². The maximum atomic E-state index is 5.60. The number of rotatable bonds is 3. The minimum absolute atomic E-state index is 0.557. The van der Waals surface area contributed by atoms with Crippen molar-refractivity contribution in [2.24, 2.45) is 0 Å². The number of nitrogens with two attached hydrogens (primary N) is 1. The highest BCUT2D eigenvalue weighted by molar-refractivity contribution is 7.13. The second kappa shape index (κ2) is 4.31. The first-order valence-corrected chi connectivity index (χ1v) is 5.62. The molecule has 0 aliphatic rings. The number of thiazole rings is 1. The molecule has 0 saturated carbocycles. The quantitative estimate of drug-likeness (QED) is 0.865. The first kappa shape index (κ1) is 9.98. The average Bonchev–Trinajstić information content (AvgIpc) is 2.66. The molecule has 2 N–H and O–H groups in total. The highest BCUT2D eigenvalue weighted by Crippen LogP contribution is 2.32. The Balaban J connectivity index is 2.42. The molecule has 0 radical (unpaired) electrons. The van der Waals surface area contributed by atoms with E-state index in [9.17, 15) is 0 Å². The van der Waals surface area contributed by atoms with Gasteiger partial charge in [0, 0.05) is 5.38 Å². The summed E-state index contributed by atoms with van der Waals surface area (Å²) in [4.78, 5) is 4.24. The molecule has 78 valence electrons. The maximum Gasteiger partial charge on any atom is 0.135 e. The third-order valence-corrected chi connectivity index (χ3v) is 2.83. The molecule has 1 aromatic heterocycles. The molecule has 0 unspecified atom stereocenters. The van der Waals surface area contributed by atoms with Gasteiger partial charge in [0.15, 0.2) is 0 Å². The summed E-state index contributed by atoms with van der Waals surface area (Å²) in [6.45, 7) is 2.62. The van der Waals surface area contributed by atoms with Gasteiger partial charge in [-0.25, -0.2) is 4.98 Å². The molecule has 0 aliphatic carbocycles. The molecular weight excluding hydrogens is 208 g/mol. The fraction of sp³-hybridized carbons (Fsp3) is 0.182. The Morgan fingerprint density at radius 1 is 1.40 bits per heavy atom. The first-order valence-electron chi connectivity index (χ1n) is 4.74. The maximum absolute atomic E-state index is 5.60. The summed E-state index contributed by atoms with van der Waals surface area (Å²) < 4.78 is 5.53. The lowest BCUT2D eigenvalue weighted by molar-refractivity contribution is 0.341. The van der Waals surface area contributed by atoms with Crippen molar-refractivity contribution in [1.82, 2.24) is 4.98 Å². The van der Waals surface area contributed by atoms with E-state index >= 15 is 0 Å². The van der Waals surface area contributed by atoms with Crippen LogP contribution in [0.25, 0.3) is 10.6 Å². The second-order valence-electron chi connectivity index (χ2n) is 3.01. The molecule has 0 aliphatic heterocycles. The Labute approximate surface area is 92.5 Å². The molecule has 0 saturated heterocycles. The number of nitrogen functional groups attached to an aromatic ring is 1. The van der Waals surface area contributed by atoms with Gasteiger partial charge in [-0.05, 0) is 19.1 Å². The number of aromatic nitrogens is 1. The smallest absolute Gasteiger partial charge is 0.135 e. The van der Waals surface area contributed by atoms with Gasteiger partial charge in [0.25, 0.3) is 0 Å². The number of hydrogen-bond acceptors (Lipinski definition) is 4. The Morgan fingerprint density at radius 3 is 2.87 bits per heavy atom. The highest BCUT2D eigenvalue weighted by Gasteiger charge is 2.08. The van der Waals surface area contributed by atoms with Crippen LogP contribution in [0.15, 0.2) is 29.6 Å². The van der Waals surface area contributed by atoms with Crippen molar-refractivity contribution in [2.75, 3.05) is 12.3 Å². The Kier molecular flexibility index (Phi) is 2.87. The second-order valence-corrected chi connectivity index (χ2v) is 3.86. The molecule has 2 aromatic rings. The lowest BCUT2D eigenvalue weighted by Crippen LogP contribution is -1.93. The molecule has 2 rings (SSSR count). The van der Waals surface area contributed by atoms with Gasteiger partial charge in [-0.1, -0.05) is 12.1 Å². The summed E-state index contributed by atoms with van der Waals surface area (Å²) in [5, 5.41) is 2.73. The normalized spacial score (nSPS) is 10.2. The SMILES string of the molecule is CCOc1ccccc1-c1nc(N)cs1. The molecule has 1 heterocycles. The summed E-state index contributed by atoms with van der Waals surface area (Å²) in [5.41, 5.74) is 6.60. The molecule has 0 amide bonds. The lowest BCUT2D eigenvalue weighted by Gasteiger charge is -2.06. The molecule has 0 atom stereocenters. The van der Waals surface area contributed by atoms with Crippen LogP contribution in [-0.4, -0.2) is 11.6 Å². The van der Waals surface area contributed by atoms with Crippen LogP contribution in [0.4, 0.5) is 5.82 Å². The monoisotopic (exact) mass is 220 g/mol. The number of nitrogens with zero attached hydrogens (tertiary/aromatic N) is 1. The predicted octanol–water partition coefficient (Wildman–Crippen LogP) is 2.79. The van der Waals surface area contributed by atoms with Gasteiger partial charge in [-0.15, -0.1) is 11.3 Å². The van der Waals surface area contributed by atoms with Crippen molar-refractivity contribution in [2.45, 2.75) is 6.92 Å². The summed E-state index contributed by atoms with van der Waals surface area (Å²) in [7, 11) is 0. The van der Waals surface area contributed by atoms with Gasteiger partial charge in [0.2, 0.25) is 0 Å². The van der Waals surface area contributed by atoms with E-state index in [1.54, 1.807) is 0 Å². The van der Waals surface area contributed by atoms with Crippen molar-refractivity contribution >= 4 is 17.2 Å². The first-order chi connectivity index (χ1) is 7.31. The number of ether oxygens (including phenoxy) is 1. The highest BCUT2D eigenvalue weighted by atomic mass is 32.1. The Bertz CT molecular complexity index is 453. The van der Waals surface area contributed by atoms with E-state index in [2.05, 4.69) is 4.98 Å². The summed E-state index contributed by atoms with van der Waals surface area (Å²) >= 11 is 1.53. The van der Waals surface area contributed by atoms with Crippen LogP contribution in [-0.2, 0) is 0 Å². The zero-order valence-electron chi connectivity index (χ0n) is 8.43.